The van der Waals surface area contributed by atoms with Crippen molar-refractivity contribution in [1.82, 2.24) is 10.3 Å². The third kappa shape index (κ3) is 3.38. The Labute approximate surface area is 132 Å². The molecular weight excluding hydrogens is 328 g/mol. The maximum Gasteiger partial charge on any atom is 0.269 e. The summed E-state index contributed by atoms with van der Waals surface area (Å²) in [5.74, 6) is -1.03. The van der Waals surface area contributed by atoms with E-state index in [1.54, 1.807) is 25.1 Å². The predicted molar refractivity (Wildman–Crippen MR) is 82.1 cm³/mol. The van der Waals surface area contributed by atoms with Gasteiger partial charge in [0.15, 0.2) is 0 Å². The van der Waals surface area contributed by atoms with Crippen molar-refractivity contribution < 1.29 is 18.3 Å². The van der Waals surface area contributed by atoms with E-state index in [1.807, 2.05) is 10.3 Å². The van der Waals surface area contributed by atoms with E-state index < -0.39 is 15.9 Å². The van der Waals surface area contributed by atoms with E-state index in [9.17, 15) is 18.3 Å². The van der Waals surface area contributed by atoms with Gasteiger partial charge < -0.3 is 5.11 Å². The summed E-state index contributed by atoms with van der Waals surface area (Å²) < 4.78 is 24.4. The Morgan fingerprint density at radius 3 is 2.50 bits per heavy atom. The van der Waals surface area contributed by atoms with Crippen LogP contribution in [-0.4, -0.2) is 19.4 Å². The van der Waals surface area contributed by atoms with Crippen LogP contribution in [0.4, 0.5) is 0 Å². The van der Waals surface area contributed by atoms with Crippen LogP contribution < -0.4 is 10.3 Å². The van der Waals surface area contributed by atoms with Crippen LogP contribution in [0.1, 0.15) is 15.9 Å². The van der Waals surface area contributed by atoms with E-state index >= 15 is 0 Å². The highest BCUT2D eigenvalue weighted by atomic mass is 35.5. The molecule has 3 N–H and O–H groups in total. The topological polar surface area (TPSA) is 95.5 Å². The molecule has 0 aromatic heterocycles. The van der Waals surface area contributed by atoms with Crippen LogP contribution in [0.15, 0.2) is 47.4 Å². The zero-order chi connectivity index (χ0) is 16.3. The average Bonchev–Trinajstić information content (AvgIpc) is 2.48. The third-order valence-corrected chi connectivity index (χ3v) is 4.76. The van der Waals surface area contributed by atoms with E-state index in [4.69, 9.17) is 11.6 Å². The Kier molecular flexibility index (Phi) is 4.70. The molecule has 0 saturated heterocycles. The Bertz CT molecular complexity index is 821. The molecule has 0 unspecified atom stereocenters. The molecule has 0 aliphatic carbocycles. The quantitative estimate of drug-likeness (QED) is 0.741. The van der Waals surface area contributed by atoms with Gasteiger partial charge in [0.2, 0.25) is 0 Å². The first-order valence-electron chi connectivity index (χ1n) is 6.18. The number of carbonyl (C=O) groups is 1. The average molecular weight is 341 g/mol. The lowest BCUT2D eigenvalue weighted by Gasteiger charge is -2.11. The SMILES string of the molecule is Cc1c(Cl)cccc1S(=O)(=O)NNC(=O)c1ccccc1O. The van der Waals surface area contributed by atoms with Gasteiger partial charge in [-0.3, -0.25) is 10.2 Å². The van der Waals surface area contributed by atoms with Crippen molar-refractivity contribution in [3.05, 3.63) is 58.6 Å². The van der Waals surface area contributed by atoms with Gasteiger partial charge in [-0.1, -0.05) is 29.8 Å². The number of hydrazine groups is 1. The number of nitrogens with one attached hydrogen (secondary N) is 2. The van der Waals surface area contributed by atoms with Crippen LogP contribution in [0.3, 0.4) is 0 Å². The van der Waals surface area contributed by atoms with Gasteiger partial charge in [-0.05, 0) is 36.8 Å². The smallest absolute Gasteiger partial charge is 0.269 e. The number of aromatic hydroxyl groups is 1. The molecule has 0 bridgehead atoms. The molecule has 0 saturated carbocycles. The van der Waals surface area contributed by atoms with Gasteiger partial charge in [-0.25, -0.2) is 8.42 Å². The number of amides is 1. The summed E-state index contributed by atoms with van der Waals surface area (Å²) in [4.78, 5) is 13.8. The molecule has 0 spiro atoms. The number of halogens is 1. The number of benzene rings is 2. The van der Waals surface area contributed by atoms with Gasteiger partial charge in [-0.2, -0.15) is 0 Å². The molecular formula is C14H13ClN2O4S. The van der Waals surface area contributed by atoms with Crippen molar-refractivity contribution in [3.63, 3.8) is 0 Å². The highest BCUT2D eigenvalue weighted by molar-refractivity contribution is 7.89. The summed E-state index contributed by atoms with van der Waals surface area (Å²) in [6.07, 6.45) is 0. The van der Waals surface area contributed by atoms with E-state index in [-0.39, 0.29) is 16.2 Å². The number of hydrogen-bond acceptors (Lipinski definition) is 4. The van der Waals surface area contributed by atoms with Crippen LogP contribution in [0.25, 0.3) is 0 Å². The van der Waals surface area contributed by atoms with Crippen LogP contribution in [-0.2, 0) is 10.0 Å². The maximum absolute atomic E-state index is 12.2. The highest BCUT2D eigenvalue weighted by Crippen LogP contribution is 2.22. The second kappa shape index (κ2) is 6.35. The molecule has 22 heavy (non-hydrogen) atoms. The number of hydrogen-bond donors (Lipinski definition) is 3. The lowest BCUT2D eigenvalue weighted by atomic mass is 10.2. The largest absolute Gasteiger partial charge is 0.507 e. The maximum atomic E-state index is 12.2. The molecule has 0 radical (unpaired) electrons. The summed E-state index contributed by atoms with van der Waals surface area (Å²) in [5.41, 5.74) is 2.37. The van der Waals surface area contributed by atoms with E-state index in [1.165, 1.54) is 24.3 Å². The predicted octanol–water partition coefficient (Wildman–Crippen LogP) is 1.98. The zero-order valence-corrected chi connectivity index (χ0v) is 13.1. The second-order valence-corrected chi connectivity index (χ2v) is 6.50. The van der Waals surface area contributed by atoms with Crippen molar-refractivity contribution in [2.75, 3.05) is 0 Å². The Hall–Kier alpha value is -2.09. The van der Waals surface area contributed by atoms with E-state index in [2.05, 4.69) is 0 Å². The molecule has 1 amide bonds. The molecule has 116 valence electrons. The minimum Gasteiger partial charge on any atom is -0.507 e. The fourth-order valence-corrected chi connectivity index (χ4v) is 3.12. The van der Waals surface area contributed by atoms with E-state index in [0.29, 0.717) is 10.6 Å². The summed E-state index contributed by atoms with van der Waals surface area (Å²) in [5, 5.41) is 9.85. The van der Waals surface area contributed by atoms with Gasteiger partial charge in [0.05, 0.1) is 10.5 Å². The second-order valence-electron chi connectivity index (χ2n) is 4.44. The van der Waals surface area contributed by atoms with E-state index in [0.717, 1.165) is 0 Å². The fourth-order valence-electron chi connectivity index (χ4n) is 1.78. The van der Waals surface area contributed by atoms with Crippen molar-refractivity contribution in [2.24, 2.45) is 0 Å². The first-order chi connectivity index (χ1) is 10.3. The highest BCUT2D eigenvalue weighted by Gasteiger charge is 2.19. The van der Waals surface area contributed by atoms with Gasteiger partial charge in [0.1, 0.15) is 5.75 Å². The minimum absolute atomic E-state index is 0.0439. The number of sulfonamides is 1. The number of phenols is 1. The molecule has 2 aromatic rings. The fraction of sp³-hybridized carbons (Fsp3) is 0.0714. The standard InChI is InChI=1S/C14H13ClN2O4S/c1-9-11(15)6-4-8-13(9)22(20,21)17-16-14(19)10-5-2-3-7-12(10)18/h2-8,17-18H,1H3,(H,16,19). The first kappa shape index (κ1) is 16.3. The molecule has 0 aliphatic heterocycles. The van der Waals surface area contributed by atoms with Crippen LogP contribution in [0.5, 0.6) is 5.75 Å². The van der Waals surface area contributed by atoms with Crippen molar-refractivity contribution in [3.8, 4) is 5.75 Å². The van der Waals surface area contributed by atoms with Crippen molar-refractivity contribution in [1.29, 1.82) is 0 Å². The third-order valence-electron chi connectivity index (χ3n) is 2.96. The van der Waals surface area contributed by atoms with Crippen molar-refractivity contribution >= 4 is 27.5 Å². The molecule has 0 heterocycles. The monoisotopic (exact) mass is 340 g/mol. The molecule has 0 aliphatic rings. The molecule has 0 fully saturated rings. The Balaban J connectivity index is 2.19. The van der Waals surface area contributed by atoms with Gasteiger partial charge in [0.25, 0.3) is 15.9 Å². The number of rotatable bonds is 4. The van der Waals surface area contributed by atoms with Gasteiger partial charge >= 0.3 is 0 Å². The summed E-state index contributed by atoms with van der Waals surface area (Å²) in [6.45, 7) is 1.56. The molecule has 2 rings (SSSR count). The lowest BCUT2D eigenvalue weighted by molar-refractivity contribution is 0.0942. The normalized spacial score (nSPS) is 11.2. The summed E-state index contributed by atoms with van der Waals surface area (Å²) >= 11 is 5.89. The molecule has 0 atom stereocenters. The number of para-hydroxylation sites is 1. The van der Waals surface area contributed by atoms with Gasteiger partial charge in [0, 0.05) is 5.02 Å². The lowest BCUT2D eigenvalue weighted by Crippen LogP contribution is -2.41. The molecule has 2 aromatic carbocycles. The van der Waals surface area contributed by atoms with Crippen LogP contribution in [0.2, 0.25) is 5.02 Å². The molecule has 6 nitrogen and oxygen atoms in total. The summed E-state index contributed by atoms with van der Waals surface area (Å²) in [6, 6.07) is 10.2. The van der Waals surface area contributed by atoms with Crippen LogP contribution >= 0.6 is 11.6 Å². The zero-order valence-electron chi connectivity index (χ0n) is 11.5. The Morgan fingerprint density at radius 1 is 1.14 bits per heavy atom. The van der Waals surface area contributed by atoms with Gasteiger partial charge in [-0.15, -0.1) is 4.83 Å². The first-order valence-corrected chi connectivity index (χ1v) is 8.04. The number of phenolic OH excluding ortho intramolecular Hbond substituents is 1. The van der Waals surface area contributed by atoms with Crippen molar-refractivity contribution in [2.45, 2.75) is 11.8 Å². The van der Waals surface area contributed by atoms with Crippen LogP contribution in [0, 0.1) is 6.92 Å². The Morgan fingerprint density at radius 2 is 1.82 bits per heavy atom. The number of carbonyl (C=O) groups excluding carboxylic acids is 1. The summed E-state index contributed by atoms with van der Waals surface area (Å²) in [7, 11) is -3.98. The molecule has 8 heteroatoms. The minimum atomic E-state index is -3.98.